The third kappa shape index (κ3) is 10.1. The van der Waals surface area contributed by atoms with E-state index in [4.69, 9.17) is 48.8 Å². The zero-order valence-corrected chi connectivity index (χ0v) is 28.5. The van der Waals surface area contributed by atoms with Crippen LogP contribution in [0, 0.1) is 0 Å². The Morgan fingerprint density at radius 2 is 0.673 bits per heavy atom. The standard InChI is InChI=1S/2C12H22O11.3Fe/c2*13-1-4-6(16)8(18)9(19)11(21-4)23-12(3-15)10(20)7(17)5(2-14)22-12;;;/h2*4-11,13-20H,1-3H2;;;/t2*4-,5-,6-,7-,8+,9-,10+,11-,12+;;;/m11.../s1. The van der Waals surface area contributed by atoms with Gasteiger partial charge in [-0.1, -0.05) is 0 Å². The minimum atomic E-state index is -2.22. The molecule has 4 aliphatic rings. The van der Waals surface area contributed by atoms with Crippen molar-refractivity contribution < 1.29 is 161 Å². The molecule has 16 N–H and O–H groups in total. The molecule has 4 aliphatic heterocycles. The summed E-state index contributed by atoms with van der Waals surface area (Å²) >= 11 is 0. The molecule has 0 aliphatic carbocycles. The van der Waals surface area contributed by atoms with E-state index in [2.05, 4.69) is 0 Å². The first-order valence-electron chi connectivity index (χ1n) is 14.1. The summed E-state index contributed by atoms with van der Waals surface area (Å²) < 4.78 is 30.9. The predicted octanol–water partition coefficient (Wildman–Crippen LogP) is -10.8. The fourth-order valence-corrected chi connectivity index (χ4v) is 5.26. The molecule has 0 aromatic rings. The van der Waals surface area contributed by atoms with Gasteiger partial charge in [0.25, 0.3) is 0 Å². The molecule has 4 saturated heterocycles. The summed E-state index contributed by atoms with van der Waals surface area (Å²) in [6.45, 7) is -4.64. The van der Waals surface area contributed by atoms with Crippen LogP contribution in [0.5, 0.6) is 0 Å². The molecule has 296 valence electrons. The van der Waals surface area contributed by atoms with Gasteiger partial charge in [0.2, 0.25) is 11.6 Å². The summed E-state index contributed by atoms with van der Waals surface area (Å²) in [5.74, 6) is -4.44. The van der Waals surface area contributed by atoms with Crippen LogP contribution in [0.3, 0.4) is 0 Å². The Morgan fingerprint density at radius 1 is 0.388 bits per heavy atom. The number of hydrogen-bond donors (Lipinski definition) is 16. The van der Waals surface area contributed by atoms with Gasteiger partial charge in [0.1, 0.15) is 98.7 Å². The third-order valence-corrected chi connectivity index (χ3v) is 8.14. The van der Waals surface area contributed by atoms with E-state index in [0.717, 1.165) is 0 Å². The largest absolute Gasteiger partial charge is 0.394 e. The van der Waals surface area contributed by atoms with Crippen LogP contribution >= 0.6 is 0 Å². The van der Waals surface area contributed by atoms with E-state index < -0.39 is 149 Å². The summed E-state index contributed by atoms with van der Waals surface area (Å²) in [5.41, 5.74) is 0. The minimum Gasteiger partial charge on any atom is -0.394 e. The molecule has 0 saturated carbocycles. The molecule has 22 nitrogen and oxygen atoms in total. The molecular formula is C24H44Fe3O22. The van der Waals surface area contributed by atoms with Crippen molar-refractivity contribution in [3.05, 3.63) is 0 Å². The van der Waals surface area contributed by atoms with Crippen molar-refractivity contribution in [3.63, 3.8) is 0 Å². The molecular weight excluding hydrogens is 808 g/mol. The molecule has 25 heteroatoms. The van der Waals surface area contributed by atoms with Gasteiger partial charge in [-0.25, -0.2) is 0 Å². The van der Waals surface area contributed by atoms with E-state index in [1.807, 2.05) is 0 Å². The fraction of sp³-hybridized carbons (Fsp3) is 1.00. The molecule has 0 amide bonds. The second kappa shape index (κ2) is 20.9. The predicted molar refractivity (Wildman–Crippen MR) is 137 cm³/mol. The summed E-state index contributed by atoms with van der Waals surface area (Å²) in [6, 6.07) is 0. The second-order valence-electron chi connectivity index (χ2n) is 11.1. The van der Waals surface area contributed by atoms with Crippen molar-refractivity contribution in [2.45, 2.75) is 110 Å². The van der Waals surface area contributed by atoms with E-state index in [9.17, 15) is 61.3 Å². The van der Waals surface area contributed by atoms with E-state index in [0.29, 0.717) is 0 Å². The zero-order chi connectivity index (χ0) is 34.7. The Labute approximate surface area is 309 Å². The molecule has 0 radical (unpaired) electrons. The molecule has 0 unspecified atom stereocenters. The molecule has 0 spiro atoms. The Balaban J connectivity index is 0.000000886. The smallest absolute Gasteiger partial charge is 0.224 e. The average Bonchev–Trinajstić information content (AvgIpc) is 3.45. The van der Waals surface area contributed by atoms with Gasteiger partial charge in [-0.15, -0.1) is 0 Å². The van der Waals surface area contributed by atoms with Crippen molar-refractivity contribution in [2.24, 2.45) is 0 Å². The first kappa shape index (κ1) is 49.7. The average molecular weight is 852 g/mol. The molecule has 18 atom stereocenters. The van der Waals surface area contributed by atoms with Crippen LogP contribution in [-0.2, 0) is 79.6 Å². The van der Waals surface area contributed by atoms with Gasteiger partial charge in [0, 0.05) is 51.2 Å². The van der Waals surface area contributed by atoms with Crippen LogP contribution in [0.25, 0.3) is 0 Å². The molecule has 0 aromatic heterocycles. The maximum absolute atomic E-state index is 10.00. The minimum absolute atomic E-state index is 0. The first-order valence-corrected chi connectivity index (χ1v) is 14.1. The molecule has 4 fully saturated rings. The van der Waals surface area contributed by atoms with E-state index in [1.165, 1.54) is 0 Å². The Kier molecular flexibility index (Phi) is 21.2. The van der Waals surface area contributed by atoms with Crippen molar-refractivity contribution in [1.29, 1.82) is 0 Å². The fourth-order valence-electron chi connectivity index (χ4n) is 5.26. The summed E-state index contributed by atoms with van der Waals surface area (Å²) in [5, 5.41) is 153. The van der Waals surface area contributed by atoms with Gasteiger partial charge in [-0.3, -0.25) is 0 Å². The van der Waals surface area contributed by atoms with Gasteiger partial charge in [-0.2, -0.15) is 0 Å². The monoisotopic (exact) mass is 852 g/mol. The van der Waals surface area contributed by atoms with Gasteiger partial charge in [0.05, 0.1) is 26.4 Å². The molecule has 0 bridgehead atoms. The second-order valence-corrected chi connectivity index (χ2v) is 11.1. The van der Waals surface area contributed by atoms with Gasteiger partial charge in [-0.05, 0) is 0 Å². The van der Waals surface area contributed by atoms with Crippen molar-refractivity contribution in [2.75, 3.05) is 39.6 Å². The van der Waals surface area contributed by atoms with E-state index in [-0.39, 0.29) is 51.2 Å². The maximum atomic E-state index is 10.00. The normalized spacial score (nSPS) is 48.0. The first-order chi connectivity index (χ1) is 21.6. The zero-order valence-electron chi connectivity index (χ0n) is 25.1. The summed E-state index contributed by atoms with van der Waals surface area (Å²) in [6.07, 6.45) is -25.3. The SMILES string of the molecule is OC[C@H]1O[C@@](CO)(O[C@H]2O[C@H](CO)[C@@H](O)[C@H](O)[C@H]2O)[C@@H](O)[C@@H]1O.OC[C@H]1O[C@@](CO)(O[C@H]2O[C@H](CO)[C@@H](O)[C@H](O)[C@H]2O)[C@@H](O)[C@@H]1O.[Fe].[Fe].[Fe]. The van der Waals surface area contributed by atoms with Crippen molar-refractivity contribution in [1.82, 2.24) is 0 Å². The van der Waals surface area contributed by atoms with Gasteiger partial charge >= 0.3 is 0 Å². The quantitative estimate of drug-likeness (QED) is 0.0907. The van der Waals surface area contributed by atoms with Crippen LogP contribution in [0.4, 0.5) is 0 Å². The number of aliphatic hydroxyl groups is 16. The summed E-state index contributed by atoms with van der Waals surface area (Å²) in [4.78, 5) is 0. The van der Waals surface area contributed by atoms with Crippen LogP contribution in [0.1, 0.15) is 0 Å². The van der Waals surface area contributed by atoms with Gasteiger partial charge in [0.15, 0.2) is 12.6 Å². The topological polar surface area (TPSA) is 379 Å². The molecule has 4 heterocycles. The van der Waals surface area contributed by atoms with E-state index >= 15 is 0 Å². The molecule has 49 heavy (non-hydrogen) atoms. The Bertz CT molecular complexity index is 875. The number of ether oxygens (including phenoxy) is 6. The van der Waals surface area contributed by atoms with Crippen molar-refractivity contribution >= 4 is 0 Å². The molecule has 0 aromatic carbocycles. The van der Waals surface area contributed by atoms with E-state index in [1.54, 1.807) is 0 Å². The van der Waals surface area contributed by atoms with Crippen molar-refractivity contribution in [3.8, 4) is 0 Å². The maximum Gasteiger partial charge on any atom is 0.224 e. The number of aliphatic hydroxyl groups excluding tert-OH is 16. The van der Waals surface area contributed by atoms with Crippen LogP contribution in [0.15, 0.2) is 0 Å². The summed E-state index contributed by atoms with van der Waals surface area (Å²) in [7, 11) is 0. The van der Waals surface area contributed by atoms with Gasteiger partial charge < -0.3 is 110 Å². The van der Waals surface area contributed by atoms with Crippen LogP contribution < -0.4 is 0 Å². The molecule has 4 rings (SSSR count). The third-order valence-electron chi connectivity index (χ3n) is 8.14. The number of rotatable bonds is 10. The van der Waals surface area contributed by atoms with Crippen LogP contribution in [-0.4, -0.2) is 231 Å². The Morgan fingerprint density at radius 3 is 0.898 bits per heavy atom. The number of hydrogen-bond acceptors (Lipinski definition) is 22. The van der Waals surface area contributed by atoms with Crippen LogP contribution in [0.2, 0.25) is 0 Å². The Hall–Kier alpha value is 0.678.